The Morgan fingerprint density at radius 3 is 2.10 bits per heavy atom. The maximum Gasteiger partial charge on any atom is 0.441 e. The molecule has 0 aromatic heterocycles. The van der Waals surface area contributed by atoms with Gasteiger partial charge in [0.15, 0.2) is 0 Å². The van der Waals surface area contributed by atoms with Gasteiger partial charge in [-0.3, -0.25) is 0 Å². The van der Waals surface area contributed by atoms with Crippen LogP contribution < -0.4 is 8.85 Å². The fraction of sp³-hybridized carbons (Fsp3) is 0.143. The normalized spacial score (nSPS) is 15.7. The van der Waals surface area contributed by atoms with Crippen molar-refractivity contribution in [3.05, 3.63) is 24.3 Å². The number of hydrogen-bond acceptors (Lipinski definition) is 2. The Kier molecular flexibility index (Phi) is 1.17. The lowest BCUT2D eigenvalue weighted by molar-refractivity contribution is 0.510. The molecule has 0 saturated carbocycles. The van der Waals surface area contributed by atoms with E-state index in [9.17, 15) is 0 Å². The van der Waals surface area contributed by atoms with Gasteiger partial charge in [-0.2, -0.15) is 0 Å². The van der Waals surface area contributed by atoms with Gasteiger partial charge in [-0.05, 0) is 18.7 Å². The summed E-state index contributed by atoms with van der Waals surface area (Å²) < 4.78 is 10.8. The highest BCUT2D eigenvalue weighted by atomic mass is 28.3. The highest BCUT2D eigenvalue weighted by molar-refractivity contribution is 6.45. The summed E-state index contributed by atoms with van der Waals surface area (Å²) in [6, 6.07) is 7.78. The molecule has 0 aliphatic carbocycles. The summed E-state index contributed by atoms with van der Waals surface area (Å²) in [6.07, 6.45) is 0. The Balaban J connectivity index is 2.42. The molecule has 0 atom stereocenters. The average Bonchev–Trinajstić information content (AvgIpc) is 2.27. The first kappa shape index (κ1) is 5.79. The summed E-state index contributed by atoms with van der Waals surface area (Å²) in [6.45, 7) is 2.01. The van der Waals surface area contributed by atoms with Gasteiger partial charge in [0.05, 0.1) is 0 Å². The predicted molar refractivity (Wildman–Crippen MR) is 40.7 cm³/mol. The SMILES string of the molecule is C[SiH]1Oc2ccccc2O1. The molecule has 0 spiro atoms. The fourth-order valence-electron chi connectivity index (χ4n) is 1.03. The summed E-state index contributed by atoms with van der Waals surface area (Å²) in [7, 11) is -1.34. The van der Waals surface area contributed by atoms with E-state index in [0.717, 1.165) is 11.5 Å². The lowest BCUT2D eigenvalue weighted by Crippen LogP contribution is -2.18. The first-order valence-corrected chi connectivity index (χ1v) is 5.38. The summed E-state index contributed by atoms with van der Waals surface area (Å²) in [5.41, 5.74) is 0. The van der Waals surface area contributed by atoms with Crippen LogP contribution in [0.4, 0.5) is 0 Å². The van der Waals surface area contributed by atoms with Crippen molar-refractivity contribution in [2.24, 2.45) is 0 Å². The van der Waals surface area contributed by atoms with Crippen LogP contribution in [0.1, 0.15) is 0 Å². The van der Waals surface area contributed by atoms with Crippen LogP contribution in [0.25, 0.3) is 0 Å². The Hall–Kier alpha value is -0.963. The van der Waals surface area contributed by atoms with E-state index < -0.39 is 9.28 Å². The first-order chi connectivity index (χ1) is 4.86. The molecule has 0 unspecified atom stereocenters. The molecule has 0 amide bonds. The third kappa shape index (κ3) is 0.788. The predicted octanol–water partition coefficient (Wildman–Crippen LogP) is 1.31. The molecule has 1 aromatic rings. The molecule has 1 heterocycles. The van der Waals surface area contributed by atoms with Gasteiger partial charge in [0.2, 0.25) is 0 Å². The highest BCUT2D eigenvalue weighted by Crippen LogP contribution is 2.32. The molecule has 2 nitrogen and oxygen atoms in total. The van der Waals surface area contributed by atoms with Gasteiger partial charge in [-0.1, -0.05) is 12.1 Å². The number of fused-ring (bicyclic) bond motifs is 1. The number of rotatable bonds is 0. The topological polar surface area (TPSA) is 18.5 Å². The van der Waals surface area contributed by atoms with Crippen LogP contribution in [0.3, 0.4) is 0 Å². The average molecular weight is 152 g/mol. The lowest BCUT2D eigenvalue weighted by Gasteiger charge is -1.96. The fourth-order valence-corrected chi connectivity index (χ4v) is 2.18. The Morgan fingerprint density at radius 2 is 1.60 bits per heavy atom. The second-order valence-electron chi connectivity index (χ2n) is 2.25. The van der Waals surface area contributed by atoms with Crippen LogP contribution in [-0.2, 0) is 0 Å². The summed E-state index contributed by atoms with van der Waals surface area (Å²) in [5.74, 6) is 1.81. The van der Waals surface area contributed by atoms with Gasteiger partial charge in [0.25, 0.3) is 0 Å². The van der Waals surface area contributed by atoms with Crippen LogP contribution in [0.5, 0.6) is 11.5 Å². The van der Waals surface area contributed by atoms with Crippen LogP contribution in [0, 0.1) is 0 Å². The third-order valence-electron chi connectivity index (χ3n) is 1.44. The molecule has 0 fully saturated rings. The number of para-hydroxylation sites is 2. The second-order valence-corrected chi connectivity index (χ2v) is 3.86. The van der Waals surface area contributed by atoms with Gasteiger partial charge >= 0.3 is 9.28 Å². The Bertz CT molecular complexity index is 224. The molecule has 52 valence electrons. The zero-order chi connectivity index (χ0) is 6.97. The molecule has 10 heavy (non-hydrogen) atoms. The van der Waals surface area contributed by atoms with Crippen LogP contribution >= 0.6 is 0 Å². The molecular weight excluding hydrogens is 144 g/mol. The molecule has 1 aliphatic heterocycles. The minimum absolute atomic E-state index is 0.904. The van der Waals surface area contributed by atoms with E-state index in [2.05, 4.69) is 0 Å². The smallest absolute Gasteiger partial charge is 0.441 e. The molecule has 0 saturated heterocycles. The zero-order valence-corrected chi connectivity index (χ0v) is 6.86. The van der Waals surface area contributed by atoms with Crippen LogP contribution in [0.15, 0.2) is 24.3 Å². The molecule has 0 radical (unpaired) electrons. The van der Waals surface area contributed by atoms with Gasteiger partial charge in [0, 0.05) is 0 Å². The summed E-state index contributed by atoms with van der Waals surface area (Å²) in [4.78, 5) is 0. The minimum atomic E-state index is -1.34. The van der Waals surface area contributed by atoms with Crippen LogP contribution in [0.2, 0.25) is 6.55 Å². The van der Waals surface area contributed by atoms with Crippen molar-refractivity contribution < 1.29 is 8.85 Å². The van der Waals surface area contributed by atoms with E-state index in [0.29, 0.717) is 0 Å². The van der Waals surface area contributed by atoms with Gasteiger partial charge < -0.3 is 8.85 Å². The van der Waals surface area contributed by atoms with E-state index in [1.54, 1.807) is 0 Å². The standard InChI is InChI=1S/C7H8O2Si/c1-10-8-6-4-2-3-5-7(6)9-10/h2-5,10H,1H3. The maximum absolute atomic E-state index is 5.42. The van der Waals surface area contributed by atoms with Crippen molar-refractivity contribution in [1.82, 2.24) is 0 Å². The highest BCUT2D eigenvalue weighted by Gasteiger charge is 2.20. The van der Waals surface area contributed by atoms with Crippen molar-refractivity contribution in [3.8, 4) is 11.5 Å². The number of benzene rings is 1. The summed E-state index contributed by atoms with van der Waals surface area (Å²) in [5, 5.41) is 0. The Morgan fingerprint density at radius 1 is 1.10 bits per heavy atom. The Labute approximate surface area is 61.2 Å². The molecule has 1 aromatic carbocycles. The molecule has 1 aliphatic rings. The quantitative estimate of drug-likeness (QED) is 0.522. The van der Waals surface area contributed by atoms with Crippen molar-refractivity contribution in [1.29, 1.82) is 0 Å². The van der Waals surface area contributed by atoms with Crippen molar-refractivity contribution in [2.75, 3.05) is 0 Å². The van der Waals surface area contributed by atoms with E-state index in [4.69, 9.17) is 8.85 Å². The molecule has 3 heteroatoms. The van der Waals surface area contributed by atoms with Gasteiger partial charge in [-0.25, -0.2) is 0 Å². The minimum Gasteiger partial charge on any atom is -0.511 e. The lowest BCUT2D eigenvalue weighted by atomic mass is 10.3. The largest absolute Gasteiger partial charge is 0.511 e. The van der Waals surface area contributed by atoms with E-state index in [-0.39, 0.29) is 0 Å². The molecular formula is C7H8O2Si. The van der Waals surface area contributed by atoms with Crippen molar-refractivity contribution in [2.45, 2.75) is 6.55 Å². The third-order valence-corrected chi connectivity index (χ3v) is 2.61. The van der Waals surface area contributed by atoms with E-state index in [1.165, 1.54) is 0 Å². The number of hydrogen-bond donors (Lipinski definition) is 0. The van der Waals surface area contributed by atoms with E-state index >= 15 is 0 Å². The second kappa shape index (κ2) is 2.02. The molecule has 2 rings (SSSR count). The van der Waals surface area contributed by atoms with Crippen molar-refractivity contribution >= 4 is 9.28 Å². The van der Waals surface area contributed by atoms with Gasteiger partial charge in [0.1, 0.15) is 11.5 Å². The zero-order valence-electron chi connectivity index (χ0n) is 5.70. The maximum atomic E-state index is 5.42. The first-order valence-electron chi connectivity index (χ1n) is 3.28. The van der Waals surface area contributed by atoms with Crippen molar-refractivity contribution in [3.63, 3.8) is 0 Å². The van der Waals surface area contributed by atoms with Gasteiger partial charge in [-0.15, -0.1) is 0 Å². The van der Waals surface area contributed by atoms with Crippen LogP contribution in [-0.4, -0.2) is 9.28 Å². The monoisotopic (exact) mass is 152 g/mol. The molecule has 0 bridgehead atoms. The summed E-state index contributed by atoms with van der Waals surface area (Å²) >= 11 is 0. The van der Waals surface area contributed by atoms with E-state index in [1.807, 2.05) is 30.8 Å². The molecule has 0 N–H and O–H groups in total.